The van der Waals surface area contributed by atoms with Crippen molar-refractivity contribution in [2.75, 3.05) is 0 Å². The highest BCUT2D eigenvalue weighted by atomic mass is 19.4. The average Bonchev–Trinajstić information content (AvgIpc) is 3.43. The van der Waals surface area contributed by atoms with E-state index in [0.717, 1.165) is 6.07 Å². The fraction of sp³-hybridized carbons (Fsp3) is 0.150. The van der Waals surface area contributed by atoms with Crippen molar-refractivity contribution in [1.29, 1.82) is 0 Å². The number of Topliss-reactive ketones (excluding diaryl/α,β-unsaturated/α-hetero) is 1. The molecule has 3 aromatic heterocycles. The Balaban J connectivity index is 1.46. The molecule has 0 radical (unpaired) electrons. The van der Waals surface area contributed by atoms with Crippen LogP contribution in [0.4, 0.5) is 13.2 Å². The summed E-state index contributed by atoms with van der Waals surface area (Å²) in [6.07, 6.45) is 0.0110. The van der Waals surface area contributed by atoms with Crippen molar-refractivity contribution >= 4 is 5.78 Å². The fourth-order valence-electron chi connectivity index (χ4n) is 2.91. The monoisotopic (exact) mass is 401 g/mol. The van der Waals surface area contributed by atoms with Crippen LogP contribution in [0.3, 0.4) is 0 Å². The molecule has 0 aliphatic heterocycles. The van der Waals surface area contributed by atoms with Gasteiger partial charge in [-0.05, 0) is 29.3 Å². The predicted molar refractivity (Wildman–Crippen MR) is 95.0 cm³/mol. The number of aromatic nitrogens is 3. The van der Waals surface area contributed by atoms with Crippen LogP contribution < -0.4 is 0 Å². The average molecular weight is 401 g/mol. The number of nitrogens with zero attached hydrogens (tertiary/aromatic N) is 3. The van der Waals surface area contributed by atoms with E-state index in [1.54, 1.807) is 24.4 Å². The van der Waals surface area contributed by atoms with Gasteiger partial charge in [0.2, 0.25) is 5.76 Å². The van der Waals surface area contributed by atoms with E-state index in [1.807, 2.05) is 0 Å². The SMILES string of the molecule is O=C(Cc1cnn(Cc2ccccc2C(F)(F)F)c1)c1cc(-c2ccco2)on1. The van der Waals surface area contributed by atoms with Crippen molar-refractivity contribution < 1.29 is 26.9 Å². The molecule has 0 saturated heterocycles. The fourth-order valence-corrected chi connectivity index (χ4v) is 2.91. The minimum absolute atomic E-state index is 0.00888. The first-order chi connectivity index (χ1) is 13.9. The molecule has 0 aliphatic rings. The summed E-state index contributed by atoms with van der Waals surface area (Å²) in [6, 6.07) is 10.2. The number of carbonyl (C=O) groups is 1. The first-order valence-electron chi connectivity index (χ1n) is 8.60. The number of hydrogen-bond acceptors (Lipinski definition) is 5. The van der Waals surface area contributed by atoms with Gasteiger partial charge in [0.1, 0.15) is 0 Å². The quantitative estimate of drug-likeness (QED) is 0.441. The lowest BCUT2D eigenvalue weighted by Gasteiger charge is -2.12. The zero-order chi connectivity index (χ0) is 20.4. The molecule has 0 atom stereocenters. The van der Waals surface area contributed by atoms with Crippen molar-refractivity contribution in [1.82, 2.24) is 14.9 Å². The Labute approximate surface area is 162 Å². The third-order valence-corrected chi connectivity index (χ3v) is 4.27. The molecule has 0 bridgehead atoms. The summed E-state index contributed by atoms with van der Waals surface area (Å²) in [6.45, 7) is -0.0591. The number of ketones is 1. The Morgan fingerprint density at radius 3 is 2.69 bits per heavy atom. The maximum Gasteiger partial charge on any atom is 0.416 e. The van der Waals surface area contributed by atoms with E-state index in [-0.39, 0.29) is 30.0 Å². The molecule has 3 heterocycles. The molecule has 29 heavy (non-hydrogen) atoms. The van der Waals surface area contributed by atoms with E-state index in [2.05, 4.69) is 10.3 Å². The van der Waals surface area contributed by atoms with Crippen molar-refractivity contribution in [2.45, 2.75) is 19.1 Å². The van der Waals surface area contributed by atoms with Crippen molar-refractivity contribution in [3.05, 3.63) is 83.5 Å². The Kier molecular flexibility index (Phi) is 4.79. The first kappa shape index (κ1) is 18.7. The van der Waals surface area contributed by atoms with Gasteiger partial charge >= 0.3 is 6.18 Å². The number of carbonyl (C=O) groups excluding carboxylic acids is 1. The third kappa shape index (κ3) is 4.13. The van der Waals surface area contributed by atoms with Crippen LogP contribution in [0.15, 0.2) is 70.1 Å². The lowest BCUT2D eigenvalue weighted by Crippen LogP contribution is -2.11. The molecule has 0 spiro atoms. The molecule has 0 amide bonds. The molecule has 0 N–H and O–H groups in total. The van der Waals surface area contributed by atoms with Gasteiger partial charge in [-0.15, -0.1) is 0 Å². The smallest absolute Gasteiger partial charge is 0.416 e. The van der Waals surface area contributed by atoms with Gasteiger partial charge in [-0.25, -0.2) is 0 Å². The number of alkyl halides is 3. The molecular formula is C20H14F3N3O3. The maximum atomic E-state index is 13.1. The van der Waals surface area contributed by atoms with Gasteiger partial charge in [0.15, 0.2) is 17.2 Å². The lowest BCUT2D eigenvalue weighted by atomic mass is 10.1. The molecule has 148 valence electrons. The Bertz CT molecular complexity index is 1130. The minimum Gasteiger partial charge on any atom is -0.461 e. The van der Waals surface area contributed by atoms with Crippen LogP contribution >= 0.6 is 0 Å². The Hall–Kier alpha value is -3.62. The summed E-state index contributed by atoms with van der Waals surface area (Å²) in [7, 11) is 0. The number of hydrogen-bond donors (Lipinski definition) is 0. The summed E-state index contributed by atoms with van der Waals surface area (Å²) in [5.41, 5.74) is 0.0790. The van der Waals surface area contributed by atoms with Crippen LogP contribution in [0.2, 0.25) is 0 Å². The Morgan fingerprint density at radius 1 is 1.10 bits per heavy atom. The van der Waals surface area contributed by atoms with Crippen LogP contribution in [0.1, 0.15) is 27.2 Å². The van der Waals surface area contributed by atoms with Gasteiger partial charge in [-0.2, -0.15) is 18.3 Å². The van der Waals surface area contributed by atoms with Crippen molar-refractivity contribution in [3.63, 3.8) is 0 Å². The summed E-state index contributed by atoms with van der Waals surface area (Å²) in [5.74, 6) is 0.479. The van der Waals surface area contributed by atoms with E-state index in [1.165, 1.54) is 35.3 Å². The summed E-state index contributed by atoms with van der Waals surface area (Å²) in [5, 5.41) is 7.81. The molecule has 9 heteroatoms. The van der Waals surface area contributed by atoms with Crippen molar-refractivity contribution in [2.24, 2.45) is 0 Å². The molecule has 0 aliphatic carbocycles. The highest BCUT2D eigenvalue weighted by Gasteiger charge is 2.32. The van der Waals surface area contributed by atoms with Gasteiger partial charge in [0, 0.05) is 18.7 Å². The highest BCUT2D eigenvalue weighted by molar-refractivity contribution is 5.96. The molecule has 0 saturated carbocycles. The lowest BCUT2D eigenvalue weighted by molar-refractivity contribution is -0.138. The standard InChI is InChI=1S/C20H14F3N3O3/c21-20(22,23)15-5-2-1-4-14(15)12-26-11-13(10-24-26)8-17(27)16-9-19(29-25-16)18-6-3-7-28-18/h1-7,9-11H,8,12H2. The maximum absolute atomic E-state index is 13.1. The zero-order valence-electron chi connectivity index (χ0n) is 14.9. The Morgan fingerprint density at radius 2 is 1.93 bits per heavy atom. The predicted octanol–water partition coefficient (Wildman–Crippen LogP) is 4.62. The second-order valence-electron chi connectivity index (χ2n) is 6.35. The van der Waals surface area contributed by atoms with Crippen LogP contribution in [0.5, 0.6) is 0 Å². The second-order valence-corrected chi connectivity index (χ2v) is 6.35. The van der Waals surface area contributed by atoms with E-state index >= 15 is 0 Å². The molecule has 6 nitrogen and oxygen atoms in total. The molecule has 1 aromatic carbocycles. The first-order valence-corrected chi connectivity index (χ1v) is 8.60. The van der Waals surface area contributed by atoms with E-state index in [9.17, 15) is 18.0 Å². The van der Waals surface area contributed by atoms with Crippen LogP contribution in [0.25, 0.3) is 11.5 Å². The third-order valence-electron chi connectivity index (χ3n) is 4.27. The minimum atomic E-state index is -4.44. The van der Waals surface area contributed by atoms with Crippen LogP contribution in [-0.4, -0.2) is 20.7 Å². The summed E-state index contributed by atoms with van der Waals surface area (Å²) >= 11 is 0. The van der Waals surface area contributed by atoms with E-state index in [4.69, 9.17) is 8.94 Å². The zero-order valence-corrected chi connectivity index (χ0v) is 14.9. The number of furan rings is 1. The largest absolute Gasteiger partial charge is 0.461 e. The molecule has 4 rings (SSSR count). The molecule has 0 fully saturated rings. The highest BCUT2D eigenvalue weighted by Crippen LogP contribution is 2.32. The summed E-state index contributed by atoms with van der Waals surface area (Å²) in [4.78, 5) is 12.4. The normalized spacial score (nSPS) is 11.7. The topological polar surface area (TPSA) is 74.1 Å². The van der Waals surface area contributed by atoms with Crippen LogP contribution in [-0.2, 0) is 19.1 Å². The van der Waals surface area contributed by atoms with E-state index < -0.39 is 11.7 Å². The van der Waals surface area contributed by atoms with Gasteiger partial charge in [-0.1, -0.05) is 23.4 Å². The molecule has 4 aromatic rings. The van der Waals surface area contributed by atoms with Crippen molar-refractivity contribution in [3.8, 4) is 11.5 Å². The van der Waals surface area contributed by atoms with Gasteiger partial charge in [-0.3, -0.25) is 9.48 Å². The number of halogens is 3. The van der Waals surface area contributed by atoms with Crippen LogP contribution in [0, 0.1) is 0 Å². The van der Waals surface area contributed by atoms with Gasteiger partial charge < -0.3 is 8.94 Å². The number of rotatable bonds is 6. The van der Waals surface area contributed by atoms with Gasteiger partial charge in [0.05, 0.1) is 24.6 Å². The number of benzene rings is 1. The summed E-state index contributed by atoms with van der Waals surface area (Å²) < 4.78 is 51.0. The van der Waals surface area contributed by atoms with Gasteiger partial charge in [0.25, 0.3) is 0 Å². The second kappa shape index (κ2) is 7.42. The molecular weight excluding hydrogens is 387 g/mol. The van der Waals surface area contributed by atoms with E-state index in [0.29, 0.717) is 17.1 Å². The molecule has 0 unspecified atom stereocenters.